The molecule has 2 aromatic rings. The van der Waals surface area contributed by atoms with Crippen LogP contribution < -0.4 is 0 Å². The zero-order valence-corrected chi connectivity index (χ0v) is 16.5. The van der Waals surface area contributed by atoms with E-state index in [0.717, 1.165) is 37.1 Å². The summed E-state index contributed by atoms with van der Waals surface area (Å²) < 4.78 is 10.7. The molecule has 1 atom stereocenters. The Hall–Kier alpha value is -1.24. The summed E-state index contributed by atoms with van der Waals surface area (Å²) in [5, 5.41) is 4.14. The number of piperidine rings is 1. The fraction of sp³-hybridized carbons (Fsp3) is 0.700. The first-order valence-corrected chi connectivity index (χ1v) is 10.8. The topological polar surface area (TPSA) is 51.4 Å². The Bertz CT molecular complexity index is 693. The average Bonchev–Trinajstić information content (AvgIpc) is 3.41. The Morgan fingerprint density at radius 1 is 1.19 bits per heavy atom. The van der Waals surface area contributed by atoms with Crippen molar-refractivity contribution in [1.82, 2.24) is 15.0 Å². The van der Waals surface area contributed by atoms with Gasteiger partial charge in [0.15, 0.2) is 5.82 Å². The molecule has 1 aliphatic heterocycles. The molecule has 0 aromatic carbocycles. The molecule has 1 saturated heterocycles. The van der Waals surface area contributed by atoms with Crippen LogP contribution >= 0.6 is 11.3 Å². The van der Waals surface area contributed by atoms with Gasteiger partial charge in [-0.05, 0) is 50.3 Å². The zero-order chi connectivity index (χ0) is 17.8. The molecule has 0 unspecified atom stereocenters. The molecule has 26 heavy (non-hydrogen) atoms. The number of ether oxygens (including phenoxy) is 1. The molecule has 1 aliphatic carbocycles. The Morgan fingerprint density at radius 2 is 2.04 bits per heavy atom. The van der Waals surface area contributed by atoms with E-state index >= 15 is 0 Å². The van der Waals surface area contributed by atoms with Crippen molar-refractivity contribution in [2.75, 3.05) is 20.3 Å². The van der Waals surface area contributed by atoms with E-state index in [4.69, 9.17) is 9.26 Å². The molecule has 5 nitrogen and oxygen atoms in total. The van der Waals surface area contributed by atoms with Crippen LogP contribution in [0.3, 0.4) is 0 Å². The van der Waals surface area contributed by atoms with Gasteiger partial charge >= 0.3 is 0 Å². The van der Waals surface area contributed by atoms with Gasteiger partial charge in [0.05, 0.1) is 12.6 Å². The highest BCUT2D eigenvalue weighted by Gasteiger charge is 2.29. The second-order valence-corrected chi connectivity index (χ2v) is 8.76. The fourth-order valence-electron chi connectivity index (χ4n) is 4.27. The van der Waals surface area contributed by atoms with Crippen molar-refractivity contribution in [3.05, 3.63) is 33.6 Å². The first kappa shape index (κ1) is 18.1. The lowest BCUT2D eigenvalue weighted by Crippen LogP contribution is -2.32. The van der Waals surface area contributed by atoms with Gasteiger partial charge in [0.2, 0.25) is 5.89 Å². The summed E-state index contributed by atoms with van der Waals surface area (Å²) >= 11 is 2.01. The molecular formula is C20H29N3O2S. The highest BCUT2D eigenvalue weighted by Crippen LogP contribution is 2.39. The predicted octanol–water partition coefficient (Wildman–Crippen LogP) is 4.70. The van der Waals surface area contributed by atoms with Gasteiger partial charge < -0.3 is 9.26 Å². The van der Waals surface area contributed by atoms with E-state index < -0.39 is 0 Å². The minimum atomic E-state index is 0.254. The lowest BCUT2D eigenvalue weighted by Gasteiger charge is -2.32. The Morgan fingerprint density at radius 3 is 2.88 bits per heavy atom. The third-order valence-electron chi connectivity index (χ3n) is 5.71. The molecular weight excluding hydrogens is 346 g/mol. The normalized spacial score (nSPS) is 22.3. The third kappa shape index (κ3) is 4.18. The summed E-state index contributed by atoms with van der Waals surface area (Å²) in [5.74, 6) is 2.35. The van der Waals surface area contributed by atoms with E-state index in [1.807, 2.05) is 11.3 Å². The van der Waals surface area contributed by atoms with Gasteiger partial charge in [0.25, 0.3) is 0 Å². The van der Waals surface area contributed by atoms with E-state index in [0.29, 0.717) is 13.0 Å². The maximum absolute atomic E-state index is 5.60. The second-order valence-electron chi connectivity index (χ2n) is 7.56. The van der Waals surface area contributed by atoms with Crippen LogP contribution in [-0.4, -0.2) is 35.3 Å². The van der Waals surface area contributed by atoms with Gasteiger partial charge in [0.1, 0.15) is 0 Å². The fourth-order valence-corrected chi connectivity index (χ4v) is 5.47. The van der Waals surface area contributed by atoms with Gasteiger partial charge in [-0.25, -0.2) is 0 Å². The van der Waals surface area contributed by atoms with E-state index in [-0.39, 0.29) is 6.04 Å². The van der Waals surface area contributed by atoms with Crippen molar-refractivity contribution in [3.63, 3.8) is 0 Å². The standard InChI is InChI=1S/C20H29N3O2S/c1-24-13-11-19-21-20(25-22-19)17-8-4-5-12-23(17)14-16-9-10-18(26-16)15-6-2-3-7-15/h9-10,15,17H,2-8,11-14H2,1H3/t17-/m1/s1. The SMILES string of the molecule is COCCc1noc([C@H]2CCCCN2Cc2ccc(C3CCCC3)s2)n1. The first-order valence-electron chi connectivity index (χ1n) is 9.97. The van der Waals surface area contributed by atoms with Crippen molar-refractivity contribution in [1.29, 1.82) is 0 Å². The van der Waals surface area contributed by atoms with Crippen LogP contribution in [0.5, 0.6) is 0 Å². The molecule has 1 saturated carbocycles. The van der Waals surface area contributed by atoms with Crippen molar-refractivity contribution >= 4 is 11.3 Å². The summed E-state index contributed by atoms with van der Waals surface area (Å²) in [5.41, 5.74) is 0. The van der Waals surface area contributed by atoms with Crippen LogP contribution in [0.2, 0.25) is 0 Å². The summed E-state index contributed by atoms with van der Waals surface area (Å²) in [6.45, 7) is 2.74. The highest BCUT2D eigenvalue weighted by atomic mass is 32.1. The molecule has 0 bridgehead atoms. The Balaban J connectivity index is 1.43. The largest absolute Gasteiger partial charge is 0.384 e. The summed E-state index contributed by atoms with van der Waals surface area (Å²) in [4.78, 5) is 10.2. The van der Waals surface area contributed by atoms with Crippen molar-refractivity contribution < 1.29 is 9.26 Å². The summed E-state index contributed by atoms with van der Waals surface area (Å²) in [6, 6.07) is 4.95. The van der Waals surface area contributed by atoms with E-state index in [2.05, 4.69) is 27.2 Å². The Labute approximate surface area is 159 Å². The molecule has 0 spiro atoms. The molecule has 3 heterocycles. The molecule has 0 N–H and O–H groups in total. The van der Waals surface area contributed by atoms with Gasteiger partial charge in [0, 0.05) is 29.8 Å². The maximum Gasteiger partial charge on any atom is 0.244 e. The smallest absolute Gasteiger partial charge is 0.244 e. The number of hydrogen-bond donors (Lipinski definition) is 0. The van der Waals surface area contributed by atoms with E-state index in [1.165, 1.54) is 43.4 Å². The van der Waals surface area contributed by atoms with Crippen molar-refractivity contribution in [2.45, 2.75) is 69.9 Å². The molecule has 0 radical (unpaired) electrons. The minimum Gasteiger partial charge on any atom is -0.384 e. The number of hydrogen-bond acceptors (Lipinski definition) is 6. The van der Waals surface area contributed by atoms with Crippen LogP contribution in [0.25, 0.3) is 0 Å². The number of likely N-dealkylation sites (tertiary alicyclic amines) is 1. The van der Waals surface area contributed by atoms with Gasteiger partial charge in [-0.3, -0.25) is 4.90 Å². The number of aromatic nitrogens is 2. The van der Waals surface area contributed by atoms with Gasteiger partial charge in [-0.15, -0.1) is 11.3 Å². The van der Waals surface area contributed by atoms with Crippen LogP contribution in [0.1, 0.15) is 78.4 Å². The van der Waals surface area contributed by atoms with Crippen LogP contribution in [-0.2, 0) is 17.7 Å². The van der Waals surface area contributed by atoms with Gasteiger partial charge in [-0.2, -0.15) is 4.98 Å². The van der Waals surface area contributed by atoms with Crippen LogP contribution in [0.15, 0.2) is 16.7 Å². The molecule has 4 rings (SSSR count). The molecule has 2 fully saturated rings. The summed E-state index contributed by atoms with van der Waals surface area (Å²) in [6.07, 6.45) is 9.84. The quantitative estimate of drug-likeness (QED) is 0.702. The summed E-state index contributed by atoms with van der Waals surface area (Å²) in [7, 11) is 1.70. The predicted molar refractivity (Wildman–Crippen MR) is 102 cm³/mol. The number of nitrogens with zero attached hydrogens (tertiary/aromatic N) is 3. The number of methoxy groups -OCH3 is 1. The molecule has 142 valence electrons. The van der Waals surface area contributed by atoms with E-state index in [9.17, 15) is 0 Å². The average molecular weight is 376 g/mol. The van der Waals surface area contributed by atoms with Crippen molar-refractivity contribution in [3.8, 4) is 0 Å². The van der Waals surface area contributed by atoms with Crippen LogP contribution in [0, 0.1) is 0 Å². The highest BCUT2D eigenvalue weighted by molar-refractivity contribution is 7.12. The number of thiophene rings is 1. The molecule has 2 aromatic heterocycles. The second kappa shape index (κ2) is 8.63. The number of rotatable bonds is 7. The lowest BCUT2D eigenvalue weighted by molar-refractivity contribution is 0.112. The molecule has 0 amide bonds. The maximum atomic E-state index is 5.60. The van der Waals surface area contributed by atoms with Crippen LogP contribution in [0.4, 0.5) is 0 Å². The first-order chi connectivity index (χ1) is 12.8. The molecule has 6 heteroatoms. The minimum absolute atomic E-state index is 0.254. The lowest BCUT2D eigenvalue weighted by atomic mass is 10.0. The van der Waals surface area contributed by atoms with Crippen molar-refractivity contribution in [2.24, 2.45) is 0 Å². The van der Waals surface area contributed by atoms with Gasteiger partial charge in [-0.1, -0.05) is 24.4 Å². The van der Waals surface area contributed by atoms with E-state index in [1.54, 1.807) is 12.0 Å². The monoisotopic (exact) mass is 375 g/mol. The third-order valence-corrected chi connectivity index (χ3v) is 6.94. The Kier molecular flexibility index (Phi) is 6.02. The zero-order valence-electron chi connectivity index (χ0n) is 15.7. The molecule has 2 aliphatic rings.